The number of hydrogen-bond donors (Lipinski definition) is 1. The van der Waals surface area contributed by atoms with Crippen LogP contribution in [0.25, 0.3) is 0 Å². The maximum atomic E-state index is 9.87. The van der Waals surface area contributed by atoms with Crippen molar-refractivity contribution in [2.24, 2.45) is 0 Å². The monoisotopic (exact) mass is 288 g/mol. The smallest absolute Gasteiger partial charge is 0.231 e. The average Bonchev–Trinajstić information content (AvgIpc) is 2.74. The number of ether oxygens (including phenoxy) is 3. The first-order chi connectivity index (χ1) is 7.72. The van der Waals surface area contributed by atoms with Crippen LogP contribution in [-0.4, -0.2) is 25.1 Å². The molecule has 2 rings (SSSR count). The third kappa shape index (κ3) is 2.31. The lowest BCUT2D eigenvalue weighted by molar-refractivity contribution is 0.0419. The molecule has 1 aromatic rings. The van der Waals surface area contributed by atoms with Crippen LogP contribution >= 0.6 is 15.9 Å². The quantitative estimate of drug-likeness (QED) is 0.923. The Morgan fingerprint density at radius 1 is 1.50 bits per heavy atom. The number of fused-ring (bicyclic) bond motifs is 1. The minimum Gasteiger partial charge on any atom is -0.454 e. The topological polar surface area (TPSA) is 47.9 Å². The van der Waals surface area contributed by atoms with Gasteiger partial charge in [0, 0.05) is 6.61 Å². The second-order valence-electron chi connectivity index (χ2n) is 3.41. The summed E-state index contributed by atoms with van der Waals surface area (Å²) in [6, 6.07) is 3.59. The molecule has 0 saturated carbocycles. The summed E-state index contributed by atoms with van der Waals surface area (Å²) in [6.45, 7) is 2.98. The summed E-state index contributed by atoms with van der Waals surface area (Å²) < 4.78 is 16.5. The summed E-state index contributed by atoms with van der Waals surface area (Å²) in [5.41, 5.74) is 0.754. The van der Waals surface area contributed by atoms with Crippen LogP contribution in [0.4, 0.5) is 0 Å². The van der Waals surface area contributed by atoms with Gasteiger partial charge in [0.2, 0.25) is 6.79 Å². The van der Waals surface area contributed by atoms with E-state index in [-0.39, 0.29) is 13.4 Å². The normalized spacial score (nSPS) is 15.2. The fourth-order valence-electron chi connectivity index (χ4n) is 1.51. The van der Waals surface area contributed by atoms with Gasteiger partial charge in [-0.05, 0) is 40.5 Å². The minimum absolute atomic E-state index is 0.221. The molecule has 1 aliphatic rings. The van der Waals surface area contributed by atoms with Crippen molar-refractivity contribution in [3.8, 4) is 11.5 Å². The van der Waals surface area contributed by atoms with Crippen LogP contribution in [0.1, 0.15) is 18.6 Å². The second kappa shape index (κ2) is 5.03. The van der Waals surface area contributed by atoms with E-state index in [2.05, 4.69) is 15.9 Å². The molecule has 4 nitrogen and oxygen atoms in total. The number of halogens is 1. The maximum absolute atomic E-state index is 9.87. The molecule has 0 spiro atoms. The van der Waals surface area contributed by atoms with Gasteiger partial charge < -0.3 is 19.3 Å². The number of rotatable bonds is 4. The van der Waals surface area contributed by atoms with Crippen LogP contribution in [0.3, 0.4) is 0 Å². The van der Waals surface area contributed by atoms with E-state index in [4.69, 9.17) is 14.2 Å². The first kappa shape index (κ1) is 11.7. The van der Waals surface area contributed by atoms with Crippen molar-refractivity contribution < 1.29 is 19.3 Å². The zero-order valence-electron chi connectivity index (χ0n) is 8.90. The molecule has 1 N–H and O–H groups in total. The standard InChI is InChI=1S/C11H13BrO4/c1-2-14-5-9(13)7-3-8(12)11-10(4-7)15-6-16-11/h3-4,9,13H,2,5-6H2,1H3. The molecule has 0 fully saturated rings. The summed E-state index contributed by atoms with van der Waals surface area (Å²) >= 11 is 3.38. The molecule has 1 aromatic carbocycles. The van der Waals surface area contributed by atoms with Crippen molar-refractivity contribution in [1.29, 1.82) is 0 Å². The Balaban J connectivity index is 2.19. The van der Waals surface area contributed by atoms with E-state index in [9.17, 15) is 5.11 Å². The number of aliphatic hydroxyl groups is 1. The van der Waals surface area contributed by atoms with Crippen molar-refractivity contribution >= 4 is 15.9 Å². The summed E-state index contributed by atoms with van der Waals surface area (Å²) in [4.78, 5) is 0. The maximum Gasteiger partial charge on any atom is 0.231 e. The van der Waals surface area contributed by atoms with Crippen molar-refractivity contribution in [3.63, 3.8) is 0 Å². The Labute approximate surface area is 102 Å². The highest BCUT2D eigenvalue weighted by atomic mass is 79.9. The van der Waals surface area contributed by atoms with Crippen LogP contribution in [-0.2, 0) is 4.74 Å². The predicted octanol–water partition coefficient (Wildman–Crippen LogP) is 2.25. The molecule has 5 heteroatoms. The summed E-state index contributed by atoms with van der Waals surface area (Å²) in [5, 5.41) is 9.87. The molecule has 0 radical (unpaired) electrons. The lowest BCUT2D eigenvalue weighted by atomic mass is 10.1. The summed E-state index contributed by atoms with van der Waals surface area (Å²) in [7, 11) is 0. The van der Waals surface area contributed by atoms with E-state index in [1.165, 1.54) is 0 Å². The lowest BCUT2D eigenvalue weighted by Gasteiger charge is -2.12. The van der Waals surface area contributed by atoms with Gasteiger partial charge in [-0.3, -0.25) is 0 Å². The summed E-state index contributed by atoms with van der Waals surface area (Å²) in [5.74, 6) is 1.34. The second-order valence-corrected chi connectivity index (χ2v) is 4.27. The third-order valence-corrected chi connectivity index (χ3v) is 2.90. The van der Waals surface area contributed by atoms with Gasteiger partial charge in [-0.15, -0.1) is 0 Å². The molecule has 88 valence electrons. The highest BCUT2D eigenvalue weighted by molar-refractivity contribution is 9.10. The Morgan fingerprint density at radius 3 is 3.06 bits per heavy atom. The Morgan fingerprint density at radius 2 is 2.31 bits per heavy atom. The molecule has 1 heterocycles. The zero-order valence-corrected chi connectivity index (χ0v) is 10.5. The number of benzene rings is 1. The molecule has 0 bridgehead atoms. The van der Waals surface area contributed by atoms with Crippen LogP contribution < -0.4 is 9.47 Å². The Bertz CT molecular complexity index is 380. The largest absolute Gasteiger partial charge is 0.454 e. The van der Waals surface area contributed by atoms with Gasteiger partial charge >= 0.3 is 0 Å². The molecule has 0 saturated heterocycles. The SMILES string of the molecule is CCOCC(O)c1cc(Br)c2c(c1)OCO2. The van der Waals surface area contributed by atoms with E-state index in [1.54, 1.807) is 6.07 Å². The molecule has 0 aliphatic carbocycles. The average molecular weight is 289 g/mol. The van der Waals surface area contributed by atoms with E-state index >= 15 is 0 Å². The Kier molecular flexibility index (Phi) is 3.68. The Hall–Kier alpha value is -0.780. The molecular weight excluding hydrogens is 276 g/mol. The van der Waals surface area contributed by atoms with Gasteiger partial charge in [-0.1, -0.05) is 0 Å². The van der Waals surface area contributed by atoms with Crippen molar-refractivity contribution in [3.05, 3.63) is 22.2 Å². The van der Waals surface area contributed by atoms with E-state index in [0.717, 1.165) is 10.0 Å². The molecule has 1 atom stereocenters. The fraction of sp³-hybridized carbons (Fsp3) is 0.455. The van der Waals surface area contributed by atoms with Crippen LogP contribution in [0.5, 0.6) is 11.5 Å². The molecule has 0 amide bonds. The predicted molar refractivity (Wildman–Crippen MR) is 61.7 cm³/mol. The first-order valence-electron chi connectivity index (χ1n) is 5.07. The molecule has 0 aromatic heterocycles. The van der Waals surface area contributed by atoms with Gasteiger partial charge in [0.05, 0.1) is 11.1 Å². The van der Waals surface area contributed by atoms with Crippen molar-refractivity contribution in [2.45, 2.75) is 13.0 Å². The molecule has 16 heavy (non-hydrogen) atoms. The molecular formula is C11H13BrO4. The highest BCUT2D eigenvalue weighted by Crippen LogP contribution is 2.41. The van der Waals surface area contributed by atoms with Crippen LogP contribution in [0, 0.1) is 0 Å². The molecule has 1 unspecified atom stereocenters. The highest BCUT2D eigenvalue weighted by Gasteiger charge is 2.20. The fourth-order valence-corrected chi connectivity index (χ4v) is 2.08. The van der Waals surface area contributed by atoms with E-state index in [1.807, 2.05) is 13.0 Å². The summed E-state index contributed by atoms with van der Waals surface area (Å²) in [6.07, 6.45) is -0.647. The van der Waals surface area contributed by atoms with E-state index < -0.39 is 6.10 Å². The lowest BCUT2D eigenvalue weighted by Crippen LogP contribution is -2.07. The molecule has 1 aliphatic heterocycles. The van der Waals surface area contributed by atoms with Gasteiger partial charge in [0.15, 0.2) is 11.5 Å². The van der Waals surface area contributed by atoms with Crippen molar-refractivity contribution in [1.82, 2.24) is 0 Å². The third-order valence-electron chi connectivity index (χ3n) is 2.31. The van der Waals surface area contributed by atoms with Gasteiger partial charge in [-0.25, -0.2) is 0 Å². The van der Waals surface area contributed by atoms with Crippen LogP contribution in [0.2, 0.25) is 0 Å². The number of hydrogen-bond acceptors (Lipinski definition) is 4. The minimum atomic E-state index is -0.647. The first-order valence-corrected chi connectivity index (χ1v) is 5.86. The van der Waals surface area contributed by atoms with Gasteiger partial charge in [0.25, 0.3) is 0 Å². The van der Waals surface area contributed by atoms with Gasteiger partial charge in [-0.2, -0.15) is 0 Å². The van der Waals surface area contributed by atoms with Gasteiger partial charge in [0.1, 0.15) is 6.10 Å². The zero-order chi connectivity index (χ0) is 11.5. The van der Waals surface area contributed by atoms with E-state index in [0.29, 0.717) is 18.1 Å². The van der Waals surface area contributed by atoms with Crippen LogP contribution in [0.15, 0.2) is 16.6 Å². The number of aliphatic hydroxyl groups excluding tert-OH is 1. The van der Waals surface area contributed by atoms with Crippen molar-refractivity contribution in [2.75, 3.05) is 20.0 Å².